The molecule has 3 heterocycles. The smallest absolute Gasteiger partial charge is 0.303 e. The lowest BCUT2D eigenvalue weighted by Crippen LogP contribution is -2.47. The maximum absolute atomic E-state index is 14.2. The van der Waals surface area contributed by atoms with Crippen molar-refractivity contribution in [1.82, 2.24) is 23.5 Å². The van der Waals surface area contributed by atoms with Gasteiger partial charge in [0.2, 0.25) is 11.8 Å². The minimum atomic E-state index is -4.04. The molecule has 3 aliphatic rings. The first-order valence-electron chi connectivity index (χ1n) is 17.1. The second-order valence-corrected chi connectivity index (χ2v) is 16.4. The summed E-state index contributed by atoms with van der Waals surface area (Å²) < 4.78 is 37.0. The quantitative estimate of drug-likeness (QED) is 0.405. The maximum atomic E-state index is 14.2. The number of allylic oxidation sites excluding steroid dienone is 2. The van der Waals surface area contributed by atoms with Crippen LogP contribution in [0.1, 0.15) is 104 Å². The molecule has 1 N–H and O–H groups in total. The molecule has 2 aromatic rings. The van der Waals surface area contributed by atoms with Gasteiger partial charge in [-0.05, 0) is 63.0 Å². The summed E-state index contributed by atoms with van der Waals surface area (Å²) in [6, 6.07) is 5.88. The van der Waals surface area contributed by atoms with Crippen LogP contribution in [0.3, 0.4) is 0 Å². The number of hydrogen-bond donors (Lipinski definition) is 1. The lowest BCUT2D eigenvalue weighted by Gasteiger charge is -2.27. The molecule has 0 spiro atoms. The monoisotopic (exact) mass is 669 g/mol. The van der Waals surface area contributed by atoms with Gasteiger partial charge in [0.25, 0.3) is 6.01 Å². The Labute approximate surface area is 279 Å². The van der Waals surface area contributed by atoms with Crippen molar-refractivity contribution >= 4 is 38.8 Å². The van der Waals surface area contributed by atoms with Gasteiger partial charge in [0.15, 0.2) is 5.78 Å². The van der Waals surface area contributed by atoms with Gasteiger partial charge in [-0.2, -0.15) is 17.7 Å². The number of benzene rings is 1. The molecule has 1 saturated carbocycles. The number of Topliss-reactive ketones (excluding diaryl/α,β-unsaturated/α-hetero) is 1. The van der Waals surface area contributed by atoms with E-state index in [4.69, 9.17) is 9.72 Å². The van der Waals surface area contributed by atoms with Crippen molar-refractivity contribution in [3.63, 3.8) is 0 Å². The first kappa shape index (κ1) is 35.1. The van der Waals surface area contributed by atoms with Crippen LogP contribution in [0.25, 0.3) is 11.0 Å². The van der Waals surface area contributed by atoms with Crippen molar-refractivity contribution in [2.75, 3.05) is 20.6 Å². The van der Waals surface area contributed by atoms with Crippen molar-refractivity contribution in [3.05, 3.63) is 35.9 Å². The number of nitrogens with zero attached hydrogens (tertiary/aromatic N) is 4. The third-order valence-corrected chi connectivity index (χ3v) is 11.5. The molecule has 47 heavy (non-hydrogen) atoms. The molecule has 0 bridgehead atoms. The number of amides is 2. The molecule has 2 fully saturated rings. The molecule has 5 rings (SSSR count). The zero-order chi connectivity index (χ0) is 34.3. The van der Waals surface area contributed by atoms with Crippen LogP contribution < -0.4 is 9.46 Å². The van der Waals surface area contributed by atoms with E-state index >= 15 is 0 Å². The van der Waals surface area contributed by atoms with Gasteiger partial charge in [-0.25, -0.2) is 4.72 Å². The summed E-state index contributed by atoms with van der Waals surface area (Å²) in [7, 11) is -1.35. The highest BCUT2D eigenvalue weighted by Crippen LogP contribution is 2.57. The fourth-order valence-corrected chi connectivity index (χ4v) is 7.79. The molecule has 2 amide bonds. The molecular formula is C35H51N5O6S. The Morgan fingerprint density at radius 2 is 1.87 bits per heavy atom. The number of imidazole rings is 1. The average Bonchev–Trinajstić information content (AvgIpc) is 3.33. The number of carbonyl (C=O) groups is 3. The van der Waals surface area contributed by atoms with Crippen LogP contribution in [-0.4, -0.2) is 77.6 Å². The molecule has 0 unspecified atom stereocenters. The maximum Gasteiger partial charge on any atom is 0.303 e. The Balaban J connectivity index is 1.46. The van der Waals surface area contributed by atoms with Crippen molar-refractivity contribution in [2.45, 2.75) is 110 Å². The van der Waals surface area contributed by atoms with Gasteiger partial charge < -0.3 is 9.64 Å². The number of nitrogens with one attached hydrogen (secondary N) is 1. The van der Waals surface area contributed by atoms with E-state index in [-0.39, 0.29) is 54.9 Å². The third-order valence-electron chi connectivity index (χ3n) is 10.1. The van der Waals surface area contributed by atoms with Crippen molar-refractivity contribution < 1.29 is 27.5 Å². The molecule has 11 nitrogen and oxygen atoms in total. The summed E-state index contributed by atoms with van der Waals surface area (Å²) in [6.07, 6.45) is 8.38. The second kappa shape index (κ2) is 13.7. The van der Waals surface area contributed by atoms with Crippen LogP contribution in [0.4, 0.5) is 0 Å². The van der Waals surface area contributed by atoms with E-state index in [1.807, 2.05) is 31.2 Å². The zero-order valence-electron chi connectivity index (χ0n) is 28.9. The first-order chi connectivity index (χ1) is 22.2. The van der Waals surface area contributed by atoms with Gasteiger partial charge in [-0.15, -0.1) is 0 Å². The Morgan fingerprint density at radius 3 is 2.55 bits per heavy atom. The summed E-state index contributed by atoms with van der Waals surface area (Å²) in [5.41, 5.74) is 1.80. The van der Waals surface area contributed by atoms with Crippen molar-refractivity contribution in [3.8, 4) is 6.01 Å². The average molecular weight is 670 g/mol. The highest BCUT2D eigenvalue weighted by Gasteiger charge is 2.61. The van der Waals surface area contributed by atoms with Crippen LogP contribution >= 0.6 is 0 Å². The summed E-state index contributed by atoms with van der Waals surface area (Å²) in [6.45, 7) is 10.6. The number of fused-ring (bicyclic) bond motifs is 3. The highest BCUT2D eigenvalue weighted by atomic mass is 32.2. The van der Waals surface area contributed by atoms with Crippen molar-refractivity contribution in [1.29, 1.82) is 0 Å². The van der Waals surface area contributed by atoms with Gasteiger partial charge in [-0.1, -0.05) is 57.9 Å². The van der Waals surface area contributed by atoms with Crippen molar-refractivity contribution in [2.24, 2.45) is 17.3 Å². The van der Waals surface area contributed by atoms with E-state index in [9.17, 15) is 22.8 Å². The summed E-state index contributed by atoms with van der Waals surface area (Å²) in [5, 5.41) is 0. The standard InChI is InChI=1S/C35H51N5O6S/c1-22(2)27-16-13-17-28-31(27)36-34(40(28)23(3)4)46-26-18-29-30(41)20-35(33(43)37-47(44,45)38(6)7)19-25(35)15-12-10-8-9-11-14-24(5)32(42)39(29)21-26/h12-13,15-17,22-26,29H,8-11,14,18-21H2,1-7H3,(H,37,43)/b15-12-/t24-,25+,26+,29-,35+/m0/s1. The number of carbonyl (C=O) groups excluding carboxylic acids is 3. The summed E-state index contributed by atoms with van der Waals surface area (Å²) in [5.74, 6) is -1.28. The number of para-hydroxylation sites is 1. The van der Waals surface area contributed by atoms with Gasteiger partial charge >= 0.3 is 10.2 Å². The first-order valence-corrected chi connectivity index (χ1v) is 18.5. The lowest BCUT2D eigenvalue weighted by molar-refractivity contribution is -0.141. The van der Waals surface area contributed by atoms with Gasteiger partial charge in [-0.3, -0.25) is 19.0 Å². The number of ether oxygens (including phenoxy) is 1. The summed E-state index contributed by atoms with van der Waals surface area (Å²) >= 11 is 0. The highest BCUT2D eigenvalue weighted by molar-refractivity contribution is 7.87. The van der Waals surface area contributed by atoms with Crippen LogP contribution in [0.15, 0.2) is 30.4 Å². The summed E-state index contributed by atoms with van der Waals surface area (Å²) in [4.78, 5) is 48.3. The predicted octanol–water partition coefficient (Wildman–Crippen LogP) is 5.13. The zero-order valence-corrected chi connectivity index (χ0v) is 29.7. The number of rotatable bonds is 7. The molecule has 0 radical (unpaired) electrons. The molecule has 12 heteroatoms. The van der Waals surface area contributed by atoms with E-state index in [0.717, 1.165) is 53.0 Å². The van der Waals surface area contributed by atoms with E-state index in [0.29, 0.717) is 12.4 Å². The van der Waals surface area contributed by atoms with Crippen LogP contribution in [-0.2, 0) is 24.6 Å². The molecule has 2 aliphatic heterocycles. The molecule has 1 aliphatic carbocycles. The van der Waals surface area contributed by atoms with E-state index in [1.54, 1.807) is 4.90 Å². The molecular weight excluding hydrogens is 618 g/mol. The second-order valence-electron chi connectivity index (χ2n) is 14.5. The number of hydrogen-bond acceptors (Lipinski definition) is 7. The van der Waals surface area contributed by atoms with E-state index in [2.05, 4.69) is 43.1 Å². The minimum absolute atomic E-state index is 0.0595. The third kappa shape index (κ3) is 7.13. The molecule has 258 valence electrons. The largest absolute Gasteiger partial charge is 0.459 e. The van der Waals surface area contributed by atoms with E-state index < -0.39 is 33.7 Å². The molecule has 1 aromatic heterocycles. The van der Waals surface area contributed by atoms with Gasteiger partial charge in [0, 0.05) is 38.9 Å². The van der Waals surface area contributed by atoms with Crippen LogP contribution in [0.5, 0.6) is 6.01 Å². The van der Waals surface area contributed by atoms with Crippen LogP contribution in [0, 0.1) is 17.3 Å². The van der Waals surface area contributed by atoms with E-state index in [1.165, 1.54) is 14.1 Å². The Kier molecular flexibility index (Phi) is 10.2. The Bertz CT molecular complexity index is 1650. The number of aromatic nitrogens is 2. The fourth-order valence-electron chi connectivity index (χ4n) is 7.17. The SMILES string of the molecule is CC(C)c1cccc2c1nc(O[C@@H]1C[C@H]3C(=O)C[C@]4(C(=O)NS(=O)(=O)N(C)C)C[C@H]4/C=C\CCCCC[C@H](C)C(=O)N3C1)n2C(C)C. The molecule has 5 atom stereocenters. The molecule has 1 saturated heterocycles. The normalized spacial score (nSPS) is 28.3. The molecule has 1 aromatic carbocycles. The minimum Gasteiger partial charge on any atom is -0.459 e. The van der Waals surface area contributed by atoms with Crippen LogP contribution in [0.2, 0.25) is 0 Å². The predicted molar refractivity (Wildman–Crippen MR) is 181 cm³/mol. The lowest BCUT2D eigenvalue weighted by atomic mass is 9.91. The Hall–Kier alpha value is -3.25. The Morgan fingerprint density at radius 1 is 1.13 bits per heavy atom. The van der Waals surface area contributed by atoms with Gasteiger partial charge in [0.05, 0.1) is 29.0 Å². The topological polar surface area (TPSA) is 131 Å². The fraction of sp³-hybridized carbons (Fsp3) is 0.657. The number of ketones is 1. The van der Waals surface area contributed by atoms with Gasteiger partial charge in [0.1, 0.15) is 6.10 Å².